The molecule has 0 aliphatic rings. The quantitative estimate of drug-likeness (QED) is 0.560. The number of unbranched alkanes of at least 4 members (excludes halogenated alkanes) is 1. The second-order valence-corrected chi connectivity index (χ2v) is 3.28. The van der Waals surface area contributed by atoms with E-state index in [2.05, 4.69) is 0 Å². The standard InChI is InChI=1S/C10H23NO2/c1-3-12-8-9-13-7-5-4-6-10(2)11/h10H,3-9,11H2,1-2H3. The van der Waals surface area contributed by atoms with Crippen LogP contribution in [0.4, 0.5) is 0 Å². The summed E-state index contributed by atoms with van der Waals surface area (Å²) in [6, 6.07) is 0.323. The van der Waals surface area contributed by atoms with Crippen LogP contribution >= 0.6 is 0 Å². The van der Waals surface area contributed by atoms with Crippen molar-refractivity contribution in [1.29, 1.82) is 0 Å². The molecule has 0 aromatic rings. The van der Waals surface area contributed by atoms with Gasteiger partial charge in [0, 0.05) is 19.3 Å². The zero-order chi connectivity index (χ0) is 9.94. The van der Waals surface area contributed by atoms with Gasteiger partial charge in [-0.15, -0.1) is 0 Å². The van der Waals surface area contributed by atoms with E-state index < -0.39 is 0 Å². The van der Waals surface area contributed by atoms with Crippen LogP contribution in [0.25, 0.3) is 0 Å². The summed E-state index contributed by atoms with van der Waals surface area (Å²) in [5.74, 6) is 0. The van der Waals surface area contributed by atoms with Gasteiger partial charge in [0.05, 0.1) is 13.2 Å². The molecule has 1 unspecified atom stereocenters. The minimum absolute atomic E-state index is 0.323. The van der Waals surface area contributed by atoms with Gasteiger partial charge in [-0.1, -0.05) is 0 Å². The van der Waals surface area contributed by atoms with Crippen LogP contribution in [0.15, 0.2) is 0 Å². The predicted molar refractivity (Wildman–Crippen MR) is 54.8 cm³/mol. The van der Waals surface area contributed by atoms with Gasteiger partial charge in [-0.2, -0.15) is 0 Å². The molecule has 13 heavy (non-hydrogen) atoms. The van der Waals surface area contributed by atoms with Gasteiger partial charge in [0.1, 0.15) is 0 Å². The molecule has 1 atom stereocenters. The molecule has 0 rings (SSSR count). The Kier molecular flexibility index (Phi) is 9.87. The molecule has 0 saturated carbocycles. The third-order valence-corrected chi connectivity index (χ3v) is 1.77. The SMILES string of the molecule is CCOCCOCCCCC(C)N. The van der Waals surface area contributed by atoms with Crippen LogP contribution in [0.5, 0.6) is 0 Å². The van der Waals surface area contributed by atoms with E-state index in [1.54, 1.807) is 0 Å². The number of rotatable bonds is 9. The van der Waals surface area contributed by atoms with E-state index in [4.69, 9.17) is 15.2 Å². The fraction of sp³-hybridized carbons (Fsp3) is 1.00. The molecule has 0 saturated heterocycles. The molecule has 0 aromatic heterocycles. The van der Waals surface area contributed by atoms with Crippen LogP contribution in [0.3, 0.4) is 0 Å². The van der Waals surface area contributed by atoms with E-state index in [1.807, 2.05) is 13.8 Å². The van der Waals surface area contributed by atoms with Crippen molar-refractivity contribution in [3.05, 3.63) is 0 Å². The number of hydrogen-bond acceptors (Lipinski definition) is 3. The van der Waals surface area contributed by atoms with Crippen molar-refractivity contribution in [1.82, 2.24) is 0 Å². The van der Waals surface area contributed by atoms with E-state index in [-0.39, 0.29) is 0 Å². The molecule has 0 heterocycles. The first kappa shape index (κ1) is 12.9. The Bertz CT molecular complexity index is 96.9. The lowest BCUT2D eigenvalue weighted by Gasteiger charge is -2.05. The van der Waals surface area contributed by atoms with Gasteiger partial charge in [0.25, 0.3) is 0 Å². The zero-order valence-electron chi connectivity index (χ0n) is 8.92. The summed E-state index contributed by atoms with van der Waals surface area (Å²) in [6.07, 6.45) is 3.36. The molecule has 0 bridgehead atoms. The highest BCUT2D eigenvalue weighted by molar-refractivity contribution is 4.52. The van der Waals surface area contributed by atoms with Crippen LogP contribution in [0.2, 0.25) is 0 Å². The van der Waals surface area contributed by atoms with Gasteiger partial charge >= 0.3 is 0 Å². The molecule has 0 amide bonds. The summed E-state index contributed by atoms with van der Waals surface area (Å²) in [5.41, 5.74) is 5.61. The van der Waals surface area contributed by atoms with Crippen molar-refractivity contribution in [3.63, 3.8) is 0 Å². The van der Waals surface area contributed by atoms with Gasteiger partial charge in [-0.25, -0.2) is 0 Å². The number of ether oxygens (including phenoxy) is 2. The van der Waals surface area contributed by atoms with E-state index in [0.717, 1.165) is 32.5 Å². The van der Waals surface area contributed by atoms with E-state index >= 15 is 0 Å². The van der Waals surface area contributed by atoms with E-state index in [9.17, 15) is 0 Å². The number of nitrogens with two attached hydrogens (primary N) is 1. The Hall–Kier alpha value is -0.120. The highest BCUT2D eigenvalue weighted by atomic mass is 16.5. The van der Waals surface area contributed by atoms with Crippen molar-refractivity contribution >= 4 is 0 Å². The maximum atomic E-state index is 5.61. The maximum absolute atomic E-state index is 5.61. The van der Waals surface area contributed by atoms with Gasteiger partial charge in [0.15, 0.2) is 0 Å². The fourth-order valence-corrected chi connectivity index (χ4v) is 1.03. The van der Waals surface area contributed by atoms with Crippen molar-refractivity contribution in [2.45, 2.75) is 39.2 Å². The topological polar surface area (TPSA) is 44.5 Å². The van der Waals surface area contributed by atoms with Crippen LogP contribution in [-0.2, 0) is 9.47 Å². The smallest absolute Gasteiger partial charge is 0.0700 e. The second kappa shape index (κ2) is 9.96. The molecule has 3 heteroatoms. The maximum Gasteiger partial charge on any atom is 0.0700 e. The third kappa shape index (κ3) is 11.9. The normalized spacial score (nSPS) is 13.2. The highest BCUT2D eigenvalue weighted by Crippen LogP contribution is 1.98. The molecular formula is C10H23NO2. The highest BCUT2D eigenvalue weighted by Gasteiger charge is 1.94. The van der Waals surface area contributed by atoms with Crippen molar-refractivity contribution in [2.75, 3.05) is 26.4 Å². The van der Waals surface area contributed by atoms with Crippen molar-refractivity contribution in [2.24, 2.45) is 5.73 Å². The molecular weight excluding hydrogens is 166 g/mol. The van der Waals surface area contributed by atoms with Crippen LogP contribution in [0.1, 0.15) is 33.1 Å². The summed E-state index contributed by atoms with van der Waals surface area (Å²) in [4.78, 5) is 0. The molecule has 0 fully saturated rings. The zero-order valence-corrected chi connectivity index (χ0v) is 8.92. The first-order chi connectivity index (χ1) is 6.27. The summed E-state index contributed by atoms with van der Waals surface area (Å²) in [7, 11) is 0. The summed E-state index contributed by atoms with van der Waals surface area (Å²) >= 11 is 0. The van der Waals surface area contributed by atoms with E-state index in [0.29, 0.717) is 19.3 Å². The first-order valence-electron chi connectivity index (χ1n) is 5.18. The van der Waals surface area contributed by atoms with Gasteiger partial charge < -0.3 is 15.2 Å². The third-order valence-electron chi connectivity index (χ3n) is 1.77. The largest absolute Gasteiger partial charge is 0.379 e. The molecule has 2 N–H and O–H groups in total. The van der Waals surface area contributed by atoms with Gasteiger partial charge in [-0.3, -0.25) is 0 Å². The number of hydrogen-bond donors (Lipinski definition) is 1. The first-order valence-corrected chi connectivity index (χ1v) is 5.18. The minimum Gasteiger partial charge on any atom is -0.379 e. The minimum atomic E-state index is 0.323. The molecule has 3 nitrogen and oxygen atoms in total. The Morgan fingerprint density at radius 1 is 1.08 bits per heavy atom. The summed E-state index contributed by atoms with van der Waals surface area (Å²) in [6.45, 7) is 7.06. The monoisotopic (exact) mass is 189 g/mol. The summed E-state index contributed by atoms with van der Waals surface area (Å²) < 4.78 is 10.5. The molecule has 0 aliphatic carbocycles. The average Bonchev–Trinajstić information content (AvgIpc) is 2.09. The predicted octanol–water partition coefficient (Wildman–Crippen LogP) is 1.56. The van der Waals surface area contributed by atoms with Crippen molar-refractivity contribution in [3.8, 4) is 0 Å². The van der Waals surface area contributed by atoms with Crippen LogP contribution in [0, 0.1) is 0 Å². The Morgan fingerprint density at radius 3 is 2.38 bits per heavy atom. The lowest BCUT2D eigenvalue weighted by atomic mass is 10.1. The van der Waals surface area contributed by atoms with E-state index in [1.165, 1.54) is 0 Å². The molecule has 0 radical (unpaired) electrons. The molecule has 0 spiro atoms. The van der Waals surface area contributed by atoms with Gasteiger partial charge in [0.2, 0.25) is 0 Å². The average molecular weight is 189 g/mol. The lowest BCUT2D eigenvalue weighted by molar-refractivity contribution is 0.0512. The Balaban J connectivity index is 2.84. The lowest BCUT2D eigenvalue weighted by Crippen LogP contribution is -2.14. The summed E-state index contributed by atoms with van der Waals surface area (Å²) in [5, 5.41) is 0. The fourth-order valence-electron chi connectivity index (χ4n) is 1.03. The molecule has 0 aromatic carbocycles. The Labute approximate surface area is 81.6 Å². The van der Waals surface area contributed by atoms with Gasteiger partial charge in [-0.05, 0) is 33.1 Å². The second-order valence-electron chi connectivity index (χ2n) is 3.28. The van der Waals surface area contributed by atoms with Crippen LogP contribution < -0.4 is 5.73 Å². The Morgan fingerprint density at radius 2 is 1.77 bits per heavy atom. The molecule has 0 aliphatic heterocycles. The van der Waals surface area contributed by atoms with Crippen LogP contribution in [-0.4, -0.2) is 32.5 Å². The molecule has 80 valence electrons. The van der Waals surface area contributed by atoms with Crippen molar-refractivity contribution < 1.29 is 9.47 Å².